The van der Waals surface area contributed by atoms with Crippen molar-refractivity contribution >= 4 is 28.6 Å². The first-order chi connectivity index (χ1) is 14.3. The second-order valence-corrected chi connectivity index (χ2v) is 8.84. The molecule has 0 fully saturated rings. The van der Waals surface area contributed by atoms with Gasteiger partial charge in [-0.1, -0.05) is 36.4 Å². The highest BCUT2D eigenvalue weighted by atomic mass is 32.1. The van der Waals surface area contributed by atoms with E-state index in [0.717, 1.165) is 34.9 Å². The summed E-state index contributed by atoms with van der Waals surface area (Å²) in [5, 5.41) is 4.96. The Morgan fingerprint density at radius 3 is 2.76 bits per heavy atom. The van der Waals surface area contributed by atoms with Crippen LogP contribution in [0.4, 0.5) is 0 Å². The van der Waals surface area contributed by atoms with Gasteiger partial charge in [-0.25, -0.2) is 4.98 Å². The van der Waals surface area contributed by atoms with Crippen molar-refractivity contribution in [3.05, 3.63) is 93.3 Å². The van der Waals surface area contributed by atoms with Crippen LogP contribution in [0.3, 0.4) is 0 Å². The highest BCUT2D eigenvalue weighted by Crippen LogP contribution is 2.38. The number of fused-ring (bicyclic) bond motifs is 1. The standard InChI is InChI=1S/C23H19N3OS2/c27-21(14-17-15-29-23(25-17)19-8-4-5-11-24-19)26-12-9-20-18(10-13-28-20)22(26)16-6-2-1-3-7-16/h1-8,10-11,13,15,22H,9,12,14H2/t22-/m0/s1. The lowest BCUT2D eigenvalue weighted by molar-refractivity contribution is -0.132. The van der Waals surface area contributed by atoms with Crippen LogP contribution in [-0.2, 0) is 17.6 Å². The number of rotatable bonds is 4. The van der Waals surface area contributed by atoms with Gasteiger partial charge >= 0.3 is 0 Å². The third-order valence-corrected chi connectivity index (χ3v) is 7.08. The fraction of sp³-hybridized carbons (Fsp3) is 0.174. The number of amides is 1. The molecule has 1 atom stereocenters. The monoisotopic (exact) mass is 417 g/mol. The smallest absolute Gasteiger partial charge is 0.229 e. The summed E-state index contributed by atoms with van der Waals surface area (Å²) >= 11 is 3.32. The summed E-state index contributed by atoms with van der Waals surface area (Å²) in [5.74, 6) is 0.119. The van der Waals surface area contributed by atoms with E-state index in [-0.39, 0.29) is 11.9 Å². The molecular formula is C23H19N3OS2. The van der Waals surface area contributed by atoms with Crippen molar-refractivity contribution in [2.75, 3.05) is 6.54 Å². The Hall–Kier alpha value is -2.83. The first kappa shape index (κ1) is 18.2. The summed E-state index contributed by atoms with van der Waals surface area (Å²) in [6.45, 7) is 0.739. The first-order valence-corrected chi connectivity index (χ1v) is 11.3. The van der Waals surface area contributed by atoms with Gasteiger partial charge in [-0.3, -0.25) is 9.78 Å². The Kier molecular flexibility index (Phi) is 4.96. The molecule has 4 heterocycles. The minimum Gasteiger partial charge on any atom is -0.331 e. The quantitative estimate of drug-likeness (QED) is 0.470. The summed E-state index contributed by atoms with van der Waals surface area (Å²) in [6, 6.07) is 18.2. The van der Waals surface area contributed by atoms with Crippen molar-refractivity contribution in [1.82, 2.24) is 14.9 Å². The fourth-order valence-corrected chi connectivity index (χ4v) is 5.53. The van der Waals surface area contributed by atoms with Gasteiger partial charge in [0.15, 0.2) is 0 Å². The second kappa shape index (κ2) is 7.89. The van der Waals surface area contributed by atoms with Gasteiger partial charge in [-0.2, -0.15) is 0 Å². The summed E-state index contributed by atoms with van der Waals surface area (Å²) in [4.78, 5) is 25.7. The fourth-order valence-electron chi connectivity index (χ4n) is 3.83. The number of nitrogens with zero attached hydrogens (tertiary/aromatic N) is 3. The highest BCUT2D eigenvalue weighted by Gasteiger charge is 2.32. The molecule has 4 nitrogen and oxygen atoms in total. The largest absolute Gasteiger partial charge is 0.331 e. The molecule has 1 aliphatic rings. The molecule has 0 unspecified atom stereocenters. The lowest BCUT2D eigenvalue weighted by Crippen LogP contribution is -2.40. The van der Waals surface area contributed by atoms with Gasteiger partial charge < -0.3 is 4.90 Å². The van der Waals surface area contributed by atoms with Crippen LogP contribution in [0.15, 0.2) is 71.6 Å². The van der Waals surface area contributed by atoms with Gasteiger partial charge in [-0.15, -0.1) is 22.7 Å². The zero-order valence-electron chi connectivity index (χ0n) is 15.7. The molecule has 0 N–H and O–H groups in total. The molecule has 5 rings (SSSR count). The normalized spacial score (nSPS) is 15.9. The van der Waals surface area contributed by atoms with Gasteiger partial charge in [-0.05, 0) is 41.1 Å². The van der Waals surface area contributed by atoms with Gasteiger partial charge in [0.05, 0.1) is 23.9 Å². The van der Waals surface area contributed by atoms with E-state index in [2.05, 4.69) is 33.5 Å². The predicted octanol–water partition coefficient (Wildman–Crippen LogP) is 4.98. The minimum absolute atomic E-state index is 0.0207. The zero-order chi connectivity index (χ0) is 19.6. The Morgan fingerprint density at radius 1 is 1.07 bits per heavy atom. The number of thiazole rings is 1. The third kappa shape index (κ3) is 3.61. The maximum absolute atomic E-state index is 13.3. The number of hydrogen-bond donors (Lipinski definition) is 0. The highest BCUT2D eigenvalue weighted by molar-refractivity contribution is 7.13. The third-order valence-electron chi connectivity index (χ3n) is 5.17. The Labute approximate surface area is 177 Å². The molecule has 1 aliphatic heterocycles. The van der Waals surface area contributed by atoms with E-state index in [1.54, 1.807) is 17.5 Å². The molecule has 4 aromatic rings. The molecule has 1 aromatic carbocycles. The molecule has 29 heavy (non-hydrogen) atoms. The molecule has 0 saturated carbocycles. The number of hydrogen-bond acceptors (Lipinski definition) is 5. The van der Waals surface area contributed by atoms with Crippen molar-refractivity contribution in [3.8, 4) is 10.7 Å². The molecule has 1 amide bonds. The van der Waals surface area contributed by atoms with Crippen molar-refractivity contribution < 1.29 is 4.79 Å². The maximum Gasteiger partial charge on any atom is 0.229 e. The maximum atomic E-state index is 13.3. The van der Waals surface area contributed by atoms with Crippen LogP contribution >= 0.6 is 22.7 Å². The van der Waals surface area contributed by atoms with E-state index >= 15 is 0 Å². The molecular weight excluding hydrogens is 398 g/mol. The van der Waals surface area contributed by atoms with Gasteiger partial charge in [0.25, 0.3) is 0 Å². The number of carbonyl (C=O) groups excluding carboxylic acids is 1. The van der Waals surface area contributed by atoms with E-state index in [4.69, 9.17) is 0 Å². The van der Waals surface area contributed by atoms with E-state index < -0.39 is 0 Å². The van der Waals surface area contributed by atoms with Crippen molar-refractivity contribution in [1.29, 1.82) is 0 Å². The van der Waals surface area contributed by atoms with Crippen molar-refractivity contribution in [2.45, 2.75) is 18.9 Å². The lowest BCUT2D eigenvalue weighted by atomic mass is 9.93. The topological polar surface area (TPSA) is 46.1 Å². The molecule has 0 radical (unpaired) electrons. The van der Waals surface area contributed by atoms with Gasteiger partial charge in [0.2, 0.25) is 5.91 Å². The van der Waals surface area contributed by atoms with E-state index in [1.807, 2.05) is 46.7 Å². The number of pyridine rings is 1. The minimum atomic E-state index is -0.0207. The number of thiophene rings is 1. The molecule has 144 valence electrons. The predicted molar refractivity (Wildman–Crippen MR) is 117 cm³/mol. The van der Waals surface area contributed by atoms with Crippen LogP contribution in [0.1, 0.15) is 27.7 Å². The van der Waals surface area contributed by atoms with Gasteiger partial charge in [0.1, 0.15) is 5.01 Å². The Bertz CT molecular complexity index is 1120. The SMILES string of the molecule is O=C(Cc1csc(-c2ccccn2)n1)N1CCc2sccc2[C@@H]1c1ccccc1. The summed E-state index contributed by atoms with van der Waals surface area (Å²) in [7, 11) is 0. The van der Waals surface area contributed by atoms with Crippen LogP contribution in [0, 0.1) is 0 Å². The zero-order valence-corrected chi connectivity index (χ0v) is 17.3. The molecule has 0 spiro atoms. The van der Waals surface area contributed by atoms with Crippen LogP contribution in [0.5, 0.6) is 0 Å². The number of carbonyl (C=O) groups is 1. The average molecular weight is 418 g/mol. The van der Waals surface area contributed by atoms with Crippen molar-refractivity contribution in [3.63, 3.8) is 0 Å². The number of aromatic nitrogens is 2. The molecule has 3 aromatic heterocycles. The van der Waals surface area contributed by atoms with Crippen LogP contribution in [0.2, 0.25) is 0 Å². The Balaban J connectivity index is 1.41. The van der Waals surface area contributed by atoms with Crippen LogP contribution in [-0.4, -0.2) is 27.3 Å². The lowest BCUT2D eigenvalue weighted by Gasteiger charge is -2.36. The number of benzene rings is 1. The van der Waals surface area contributed by atoms with E-state index in [0.29, 0.717) is 6.42 Å². The van der Waals surface area contributed by atoms with Gasteiger partial charge in [0, 0.05) is 23.0 Å². The Morgan fingerprint density at radius 2 is 1.93 bits per heavy atom. The van der Waals surface area contributed by atoms with E-state index in [9.17, 15) is 4.79 Å². The first-order valence-electron chi connectivity index (χ1n) is 9.56. The summed E-state index contributed by atoms with van der Waals surface area (Å²) in [6.07, 6.45) is 2.99. The second-order valence-electron chi connectivity index (χ2n) is 6.99. The molecule has 0 aliphatic carbocycles. The van der Waals surface area contributed by atoms with Crippen LogP contribution in [0.25, 0.3) is 10.7 Å². The molecule has 0 saturated heterocycles. The van der Waals surface area contributed by atoms with Crippen LogP contribution < -0.4 is 0 Å². The average Bonchev–Trinajstić information content (AvgIpc) is 3.43. The summed E-state index contributed by atoms with van der Waals surface area (Å²) in [5.41, 5.74) is 4.07. The van der Waals surface area contributed by atoms with E-state index in [1.165, 1.54) is 21.8 Å². The van der Waals surface area contributed by atoms with Crippen molar-refractivity contribution in [2.24, 2.45) is 0 Å². The molecule has 0 bridgehead atoms. The molecule has 6 heteroatoms. The summed E-state index contributed by atoms with van der Waals surface area (Å²) < 4.78 is 0.